The van der Waals surface area contributed by atoms with Gasteiger partial charge in [-0.25, -0.2) is 22.9 Å². The zero-order valence-electron chi connectivity index (χ0n) is 10.9. The third kappa shape index (κ3) is 4.10. The fourth-order valence-corrected chi connectivity index (χ4v) is 2.16. The number of carbonyl (C=O) groups is 1. The van der Waals surface area contributed by atoms with Gasteiger partial charge in [-0.15, -0.1) is 0 Å². The molecular weight excluding hydrogens is 299 g/mol. The van der Waals surface area contributed by atoms with Gasteiger partial charge in [0.1, 0.15) is 5.82 Å². The molecule has 1 aromatic carbocycles. The van der Waals surface area contributed by atoms with E-state index < -0.39 is 21.7 Å². The average molecular weight is 312 g/mol. The number of nitrogens with zero attached hydrogens (tertiary/aromatic N) is 2. The van der Waals surface area contributed by atoms with Gasteiger partial charge in [0.15, 0.2) is 0 Å². The first-order chi connectivity index (χ1) is 9.86. The van der Waals surface area contributed by atoms with Crippen LogP contribution in [0.5, 0.6) is 0 Å². The topological polar surface area (TPSA) is 107 Å². The largest absolute Gasteiger partial charge is 0.337 e. The van der Waals surface area contributed by atoms with Crippen LogP contribution in [0.4, 0.5) is 10.1 Å². The average Bonchev–Trinajstić information content (AvgIpc) is 2.91. The molecule has 0 aliphatic rings. The molecule has 0 atom stereocenters. The zero-order chi connectivity index (χ0) is 15.5. The molecule has 2 aromatic rings. The number of aromatic nitrogens is 2. The molecule has 1 aromatic heterocycles. The minimum Gasteiger partial charge on any atom is -0.337 e. The summed E-state index contributed by atoms with van der Waals surface area (Å²) in [6.45, 7) is 0.405. The highest BCUT2D eigenvalue weighted by atomic mass is 32.2. The second kappa shape index (κ2) is 6.02. The summed E-state index contributed by atoms with van der Waals surface area (Å²) in [5, 5.41) is 7.26. The van der Waals surface area contributed by atoms with Gasteiger partial charge >= 0.3 is 0 Å². The number of sulfonamides is 1. The quantitative estimate of drug-likeness (QED) is 0.847. The number of nitrogens with one attached hydrogen (secondary N) is 1. The predicted octanol–water partition coefficient (Wildman–Crippen LogP) is 0.698. The van der Waals surface area contributed by atoms with Crippen LogP contribution in [0.15, 0.2) is 41.8 Å². The Morgan fingerprint density at radius 1 is 1.43 bits per heavy atom. The maximum atomic E-state index is 13.7. The van der Waals surface area contributed by atoms with Gasteiger partial charge in [0.05, 0.1) is 16.9 Å². The number of halogens is 1. The molecule has 112 valence electrons. The maximum absolute atomic E-state index is 13.7. The van der Waals surface area contributed by atoms with E-state index in [-0.39, 0.29) is 17.0 Å². The van der Waals surface area contributed by atoms with E-state index in [0.717, 1.165) is 18.2 Å². The molecule has 7 nitrogen and oxygen atoms in total. The Balaban J connectivity index is 2.01. The molecule has 21 heavy (non-hydrogen) atoms. The summed E-state index contributed by atoms with van der Waals surface area (Å²) < 4.78 is 37.5. The van der Waals surface area contributed by atoms with E-state index in [4.69, 9.17) is 5.14 Å². The lowest BCUT2D eigenvalue weighted by Gasteiger charge is -2.08. The van der Waals surface area contributed by atoms with E-state index >= 15 is 0 Å². The number of primary sulfonamides is 1. The number of anilines is 1. The number of carbonyl (C=O) groups excluding carboxylic acids is 1. The molecule has 1 amide bonds. The molecule has 0 aliphatic carbocycles. The summed E-state index contributed by atoms with van der Waals surface area (Å²) in [6.07, 6.45) is 4.99. The number of benzene rings is 1. The third-order valence-corrected chi connectivity index (χ3v) is 3.61. The number of nitrogens with two attached hydrogens (primary N) is 1. The molecule has 0 unspecified atom stereocenters. The number of imidazole rings is 1. The van der Waals surface area contributed by atoms with Crippen molar-refractivity contribution in [2.75, 3.05) is 5.32 Å². The van der Waals surface area contributed by atoms with Crippen LogP contribution in [0.25, 0.3) is 0 Å². The van der Waals surface area contributed by atoms with E-state index in [9.17, 15) is 17.6 Å². The van der Waals surface area contributed by atoms with Gasteiger partial charge in [-0.1, -0.05) is 0 Å². The van der Waals surface area contributed by atoms with Gasteiger partial charge in [0.25, 0.3) is 0 Å². The van der Waals surface area contributed by atoms with Gasteiger partial charge in [0.2, 0.25) is 15.9 Å². The van der Waals surface area contributed by atoms with Crippen molar-refractivity contribution in [2.24, 2.45) is 5.14 Å². The van der Waals surface area contributed by atoms with Gasteiger partial charge in [-0.3, -0.25) is 4.79 Å². The summed E-state index contributed by atoms with van der Waals surface area (Å²) in [4.78, 5) is 15.2. The first kappa shape index (κ1) is 15.1. The predicted molar refractivity (Wildman–Crippen MR) is 73.2 cm³/mol. The summed E-state index contributed by atoms with van der Waals surface area (Å²) in [6, 6.07) is 3.05. The molecule has 1 heterocycles. The Hall–Kier alpha value is -2.26. The monoisotopic (exact) mass is 312 g/mol. The van der Waals surface area contributed by atoms with Crippen molar-refractivity contribution in [2.45, 2.75) is 17.9 Å². The molecule has 0 fully saturated rings. The van der Waals surface area contributed by atoms with Gasteiger partial charge in [-0.2, -0.15) is 0 Å². The van der Waals surface area contributed by atoms with Crippen molar-refractivity contribution in [3.05, 3.63) is 42.7 Å². The number of hydrogen-bond acceptors (Lipinski definition) is 4. The minimum atomic E-state index is -3.97. The second-order valence-corrected chi connectivity index (χ2v) is 5.85. The van der Waals surface area contributed by atoms with Crippen LogP contribution in [-0.2, 0) is 21.4 Å². The fraction of sp³-hybridized carbons (Fsp3) is 0.167. The summed E-state index contributed by atoms with van der Waals surface area (Å²) in [7, 11) is -3.97. The number of rotatable bonds is 5. The van der Waals surface area contributed by atoms with E-state index in [1.807, 2.05) is 0 Å². The first-order valence-corrected chi connectivity index (χ1v) is 7.49. The molecule has 0 bridgehead atoms. The van der Waals surface area contributed by atoms with E-state index in [1.54, 1.807) is 23.3 Å². The summed E-state index contributed by atoms with van der Waals surface area (Å²) >= 11 is 0. The van der Waals surface area contributed by atoms with Crippen molar-refractivity contribution in [1.29, 1.82) is 0 Å². The van der Waals surface area contributed by atoms with Gasteiger partial charge in [0, 0.05) is 25.4 Å². The Morgan fingerprint density at radius 3 is 2.76 bits per heavy atom. The zero-order valence-corrected chi connectivity index (χ0v) is 11.7. The SMILES string of the molecule is NS(=O)(=O)c1ccc(NC(=O)CCn2ccnc2)c(F)c1. The van der Waals surface area contributed by atoms with Crippen molar-refractivity contribution >= 4 is 21.6 Å². The highest BCUT2D eigenvalue weighted by molar-refractivity contribution is 7.89. The number of aryl methyl sites for hydroxylation is 1. The molecule has 0 aliphatic heterocycles. The lowest BCUT2D eigenvalue weighted by Crippen LogP contribution is -2.16. The number of hydrogen-bond donors (Lipinski definition) is 2. The van der Waals surface area contributed by atoms with E-state index in [2.05, 4.69) is 10.3 Å². The second-order valence-electron chi connectivity index (χ2n) is 4.29. The Labute approximate surface area is 120 Å². The number of amides is 1. The highest BCUT2D eigenvalue weighted by Crippen LogP contribution is 2.18. The maximum Gasteiger partial charge on any atom is 0.238 e. The standard InChI is InChI=1S/C12H13FN4O3S/c13-10-7-9(21(14,19)20)1-2-11(10)16-12(18)3-5-17-6-4-15-8-17/h1-2,4,6-8H,3,5H2,(H,16,18)(H2,14,19,20). The lowest BCUT2D eigenvalue weighted by molar-refractivity contribution is -0.116. The van der Waals surface area contributed by atoms with Crippen LogP contribution in [0, 0.1) is 5.82 Å². The molecule has 0 saturated heterocycles. The Morgan fingerprint density at radius 2 is 2.19 bits per heavy atom. The minimum absolute atomic E-state index is 0.0990. The molecule has 2 rings (SSSR count). The molecule has 9 heteroatoms. The summed E-state index contributed by atoms with van der Waals surface area (Å²) in [5.74, 6) is -1.26. The molecular formula is C12H13FN4O3S. The van der Waals surface area contributed by atoms with Crippen LogP contribution in [0.3, 0.4) is 0 Å². The van der Waals surface area contributed by atoms with Gasteiger partial charge in [-0.05, 0) is 18.2 Å². The normalized spacial score (nSPS) is 11.3. The molecule has 0 saturated carbocycles. The van der Waals surface area contributed by atoms with E-state index in [0.29, 0.717) is 6.54 Å². The molecule has 0 spiro atoms. The van der Waals surface area contributed by atoms with Crippen LogP contribution in [0.1, 0.15) is 6.42 Å². The van der Waals surface area contributed by atoms with Crippen molar-refractivity contribution in [3.8, 4) is 0 Å². The van der Waals surface area contributed by atoms with Crippen LogP contribution in [0.2, 0.25) is 0 Å². The highest BCUT2D eigenvalue weighted by Gasteiger charge is 2.13. The lowest BCUT2D eigenvalue weighted by atomic mass is 10.3. The smallest absolute Gasteiger partial charge is 0.238 e. The molecule has 3 N–H and O–H groups in total. The van der Waals surface area contributed by atoms with Crippen LogP contribution < -0.4 is 10.5 Å². The Kier molecular flexibility index (Phi) is 4.34. The van der Waals surface area contributed by atoms with Crippen molar-refractivity contribution in [3.63, 3.8) is 0 Å². The summed E-state index contributed by atoms with van der Waals surface area (Å²) in [5.41, 5.74) is -0.0990. The first-order valence-electron chi connectivity index (χ1n) is 5.94. The van der Waals surface area contributed by atoms with E-state index in [1.165, 1.54) is 0 Å². The fourth-order valence-electron chi connectivity index (χ4n) is 1.64. The molecule has 0 radical (unpaired) electrons. The van der Waals surface area contributed by atoms with Crippen molar-refractivity contribution in [1.82, 2.24) is 9.55 Å². The Bertz CT molecular complexity index is 744. The van der Waals surface area contributed by atoms with Crippen LogP contribution in [-0.4, -0.2) is 23.9 Å². The van der Waals surface area contributed by atoms with Crippen molar-refractivity contribution < 1.29 is 17.6 Å². The van der Waals surface area contributed by atoms with Gasteiger partial charge < -0.3 is 9.88 Å². The third-order valence-electron chi connectivity index (χ3n) is 2.70. The van der Waals surface area contributed by atoms with Crippen LogP contribution >= 0.6 is 0 Å².